The molecule has 0 fully saturated rings. The lowest BCUT2D eigenvalue weighted by molar-refractivity contribution is -0.131. The average molecular weight is 367 g/mol. The number of carbonyl (C=O) groups is 2. The third kappa shape index (κ3) is 5.82. The molecule has 0 aromatic heterocycles. The van der Waals surface area contributed by atoms with Gasteiger partial charge < -0.3 is 9.64 Å². The van der Waals surface area contributed by atoms with E-state index in [1.807, 2.05) is 53.4 Å². The molecule has 0 saturated heterocycles. The number of nitrogens with zero attached hydrogens (tertiary/aromatic N) is 1. The van der Waals surface area contributed by atoms with E-state index in [-0.39, 0.29) is 25.0 Å². The highest BCUT2D eigenvalue weighted by Crippen LogP contribution is 2.26. The van der Waals surface area contributed by atoms with E-state index >= 15 is 0 Å². The fraction of sp³-hybridized carbons (Fsp3) is 0.333. The Hall–Kier alpha value is -2.86. The van der Waals surface area contributed by atoms with Crippen LogP contribution in [0.5, 0.6) is 0 Å². The van der Waals surface area contributed by atoms with Crippen LogP contribution < -0.4 is 15.8 Å². The Balaban J connectivity index is 1.34. The molecule has 142 valence electrons. The fourth-order valence-electron chi connectivity index (χ4n) is 3.16. The van der Waals surface area contributed by atoms with E-state index in [0.717, 1.165) is 37.1 Å². The summed E-state index contributed by atoms with van der Waals surface area (Å²) in [6.45, 7) is 1.42. The molecule has 2 aromatic rings. The summed E-state index contributed by atoms with van der Waals surface area (Å²) >= 11 is 0. The van der Waals surface area contributed by atoms with Crippen molar-refractivity contribution in [2.45, 2.75) is 19.3 Å². The first kappa shape index (κ1) is 18.9. The molecule has 0 radical (unpaired) electrons. The van der Waals surface area contributed by atoms with Crippen LogP contribution >= 0.6 is 0 Å². The highest BCUT2D eigenvalue weighted by Gasteiger charge is 2.18. The molecule has 2 amide bonds. The molecule has 2 aromatic carbocycles. The second kappa shape index (κ2) is 9.73. The number of rotatable bonds is 7. The first-order valence-electron chi connectivity index (χ1n) is 9.24. The molecular weight excluding hydrogens is 342 g/mol. The zero-order valence-electron chi connectivity index (χ0n) is 15.3. The van der Waals surface area contributed by atoms with E-state index in [4.69, 9.17) is 4.74 Å². The van der Waals surface area contributed by atoms with Gasteiger partial charge in [-0.05, 0) is 36.5 Å². The van der Waals surface area contributed by atoms with E-state index in [1.165, 1.54) is 5.56 Å². The van der Waals surface area contributed by atoms with Gasteiger partial charge in [-0.2, -0.15) is 0 Å². The van der Waals surface area contributed by atoms with Crippen molar-refractivity contribution < 1.29 is 14.3 Å². The number of carbonyl (C=O) groups excluding carboxylic acids is 2. The SMILES string of the molecule is O=C(COCCc1ccccc1)NNC(=O)CN1CCCc2ccccc21. The van der Waals surface area contributed by atoms with E-state index in [0.29, 0.717) is 6.61 Å². The first-order valence-corrected chi connectivity index (χ1v) is 9.24. The van der Waals surface area contributed by atoms with Gasteiger partial charge in [-0.3, -0.25) is 20.4 Å². The van der Waals surface area contributed by atoms with Crippen molar-refractivity contribution in [1.29, 1.82) is 0 Å². The largest absolute Gasteiger partial charge is 0.371 e. The summed E-state index contributed by atoms with van der Waals surface area (Å²) in [6.07, 6.45) is 2.80. The van der Waals surface area contributed by atoms with E-state index in [1.54, 1.807) is 0 Å². The number of amides is 2. The van der Waals surface area contributed by atoms with Crippen molar-refractivity contribution in [2.24, 2.45) is 0 Å². The Kier molecular flexibility index (Phi) is 6.82. The van der Waals surface area contributed by atoms with Crippen LogP contribution in [0.25, 0.3) is 0 Å². The Labute approximate surface area is 159 Å². The smallest absolute Gasteiger partial charge is 0.264 e. The predicted molar refractivity (Wildman–Crippen MR) is 104 cm³/mol. The minimum absolute atomic E-state index is 0.0837. The summed E-state index contributed by atoms with van der Waals surface area (Å²) in [4.78, 5) is 26.0. The molecule has 0 aliphatic carbocycles. The zero-order valence-corrected chi connectivity index (χ0v) is 15.3. The van der Waals surface area contributed by atoms with E-state index in [2.05, 4.69) is 16.9 Å². The Morgan fingerprint density at radius 3 is 2.56 bits per heavy atom. The molecule has 6 nitrogen and oxygen atoms in total. The summed E-state index contributed by atoms with van der Waals surface area (Å²) in [5.74, 6) is -0.611. The normalized spacial score (nSPS) is 13.0. The number of ether oxygens (including phenoxy) is 1. The Bertz CT molecular complexity index is 764. The van der Waals surface area contributed by atoms with Crippen LogP contribution in [0, 0.1) is 0 Å². The second-order valence-corrected chi connectivity index (χ2v) is 6.54. The van der Waals surface area contributed by atoms with Crippen LogP contribution in [0.2, 0.25) is 0 Å². The highest BCUT2D eigenvalue weighted by molar-refractivity contribution is 5.85. The lowest BCUT2D eigenvalue weighted by Gasteiger charge is -2.30. The summed E-state index contributed by atoms with van der Waals surface area (Å²) < 4.78 is 5.35. The molecule has 0 saturated carbocycles. The van der Waals surface area contributed by atoms with Crippen LogP contribution in [0.3, 0.4) is 0 Å². The number of hydrogen-bond donors (Lipinski definition) is 2. The van der Waals surface area contributed by atoms with E-state index < -0.39 is 0 Å². The van der Waals surface area contributed by atoms with Crippen molar-refractivity contribution in [3.05, 3.63) is 65.7 Å². The van der Waals surface area contributed by atoms with Crippen molar-refractivity contribution in [3.8, 4) is 0 Å². The van der Waals surface area contributed by atoms with Crippen molar-refractivity contribution in [2.75, 3.05) is 31.2 Å². The van der Waals surface area contributed by atoms with Gasteiger partial charge in [0.15, 0.2) is 0 Å². The van der Waals surface area contributed by atoms with Gasteiger partial charge in [0.2, 0.25) is 0 Å². The number of hydrazine groups is 1. The summed E-state index contributed by atoms with van der Waals surface area (Å²) in [5.41, 5.74) is 8.37. The van der Waals surface area contributed by atoms with E-state index in [9.17, 15) is 9.59 Å². The van der Waals surface area contributed by atoms with Gasteiger partial charge >= 0.3 is 0 Å². The van der Waals surface area contributed by atoms with Gasteiger partial charge in [-0.15, -0.1) is 0 Å². The second-order valence-electron chi connectivity index (χ2n) is 6.54. The molecule has 0 unspecified atom stereocenters. The molecule has 1 aliphatic rings. The number of fused-ring (bicyclic) bond motifs is 1. The molecule has 1 aliphatic heterocycles. The van der Waals surface area contributed by atoms with Gasteiger partial charge in [-0.25, -0.2) is 0 Å². The summed E-state index contributed by atoms with van der Waals surface area (Å²) in [5, 5.41) is 0. The number of hydrogen-bond acceptors (Lipinski definition) is 4. The molecule has 1 heterocycles. The number of anilines is 1. The summed E-state index contributed by atoms with van der Waals surface area (Å²) in [7, 11) is 0. The quantitative estimate of drug-likeness (QED) is 0.579. The Morgan fingerprint density at radius 1 is 0.963 bits per heavy atom. The minimum Gasteiger partial charge on any atom is -0.371 e. The van der Waals surface area contributed by atoms with Gasteiger partial charge in [0, 0.05) is 12.2 Å². The van der Waals surface area contributed by atoms with Crippen LogP contribution in [0.15, 0.2) is 54.6 Å². The lowest BCUT2D eigenvalue weighted by Crippen LogP contribution is -2.48. The number of aryl methyl sites for hydroxylation is 1. The lowest BCUT2D eigenvalue weighted by atomic mass is 10.0. The third-order valence-corrected chi connectivity index (χ3v) is 4.49. The van der Waals surface area contributed by atoms with Crippen LogP contribution in [-0.2, 0) is 27.2 Å². The zero-order chi connectivity index (χ0) is 18.9. The minimum atomic E-state index is -0.365. The van der Waals surface area contributed by atoms with Crippen molar-refractivity contribution in [1.82, 2.24) is 10.9 Å². The van der Waals surface area contributed by atoms with Crippen molar-refractivity contribution >= 4 is 17.5 Å². The third-order valence-electron chi connectivity index (χ3n) is 4.49. The molecule has 0 spiro atoms. The molecule has 0 atom stereocenters. The predicted octanol–water partition coefficient (Wildman–Crippen LogP) is 1.85. The summed E-state index contributed by atoms with van der Waals surface area (Å²) in [6, 6.07) is 18.0. The Morgan fingerprint density at radius 2 is 1.70 bits per heavy atom. The van der Waals surface area contributed by atoms with Gasteiger partial charge in [0.25, 0.3) is 11.8 Å². The first-order chi connectivity index (χ1) is 13.2. The molecule has 3 rings (SSSR count). The monoisotopic (exact) mass is 367 g/mol. The topological polar surface area (TPSA) is 70.7 Å². The van der Waals surface area contributed by atoms with Crippen LogP contribution in [0.1, 0.15) is 17.5 Å². The molecule has 2 N–H and O–H groups in total. The van der Waals surface area contributed by atoms with Crippen LogP contribution in [-0.4, -0.2) is 38.1 Å². The number of para-hydroxylation sites is 1. The maximum Gasteiger partial charge on any atom is 0.264 e. The van der Waals surface area contributed by atoms with Crippen LogP contribution in [0.4, 0.5) is 5.69 Å². The highest BCUT2D eigenvalue weighted by atomic mass is 16.5. The molecule has 0 bridgehead atoms. The maximum absolute atomic E-state index is 12.1. The molecular formula is C21H25N3O3. The molecule has 6 heteroatoms. The maximum atomic E-state index is 12.1. The standard InChI is InChI=1S/C21H25N3O3/c25-20(15-24-13-6-10-18-9-4-5-11-19(18)24)22-23-21(26)16-27-14-12-17-7-2-1-3-8-17/h1-5,7-9,11H,6,10,12-16H2,(H,22,25)(H,23,26). The average Bonchev–Trinajstić information content (AvgIpc) is 2.71. The molecule has 27 heavy (non-hydrogen) atoms. The fourth-order valence-corrected chi connectivity index (χ4v) is 3.16. The number of benzene rings is 2. The van der Waals surface area contributed by atoms with Gasteiger partial charge in [-0.1, -0.05) is 48.5 Å². The van der Waals surface area contributed by atoms with Gasteiger partial charge in [0.1, 0.15) is 6.61 Å². The van der Waals surface area contributed by atoms with Crippen molar-refractivity contribution in [3.63, 3.8) is 0 Å². The number of nitrogens with one attached hydrogen (secondary N) is 2. The van der Waals surface area contributed by atoms with Gasteiger partial charge in [0.05, 0.1) is 13.2 Å².